The van der Waals surface area contributed by atoms with Gasteiger partial charge in [-0.1, -0.05) is 43.4 Å². The van der Waals surface area contributed by atoms with Gasteiger partial charge in [0, 0.05) is 24.4 Å². The molecule has 1 amide bonds. The van der Waals surface area contributed by atoms with Gasteiger partial charge in [-0.25, -0.2) is 4.79 Å². The number of carboxylic acids is 1. The number of benzene rings is 1. The number of H-pyrrole nitrogens is 1. The number of aromatic nitrogens is 6. The van der Waals surface area contributed by atoms with Crippen molar-refractivity contribution in [3.05, 3.63) is 41.2 Å². The molecule has 0 radical (unpaired) electrons. The van der Waals surface area contributed by atoms with Crippen molar-refractivity contribution < 1.29 is 14.7 Å². The molecule has 3 N–H and O–H groups in total. The van der Waals surface area contributed by atoms with Crippen molar-refractivity contribution in [1.82, 2.24) is 35.3 Å². The third-order valence-corrected chi connectivity index (χ3v) is 5.41. The molecule has 0 spiro atoms. The Bertz CT molecular complexity index is 1310. The minimum atomic E-state index is -1.08. The summed E-state index contributed by atoms with van der Waals surface area (Å²) in [6.07, 6.45) is 1.25. The third kappa shape index (κ3) is 4.77. The van der Waals surface area contributed by atoms with E-state index < -0.39 is 5.97 Å². The number of amides is 1. The van der Waals surface area contributed by atoms with E-state index in [1.54, 1.807) is 18.2 Å². The summed E-state index contributed by atoms with van der Waals surface area (Å²) in [6.45, 7) is 4.28. The van der Waals surface area contributed by atoms with E-state index in [2.05, 4.69) is 40.9 Å². The standard InChI is InChI=1S/C20H21N9O3S/c1-3-6-14(30)21-9-11(2)17-23-18-16(24-26-20-25-22-10-33-20)15(27-29(18)28-17)12-7-4-5-8-13(12)19(31)32/h4-5,7-8,10-11H,3,6,9H2,1-2H3,(H,21,30)(H,23,28)(H,31,32). The Morgan fingerprint density at radius 1 is 1.27 bits per heavy atom. The number of aromatic amines is 1. The molecule has 33 heavy (non-hydrogen) atoms. The lowest BCUT2D eigenvalue weighted by molar-refractivity contribution is -0.121. The van der Waals surface area contributed by atoms with Gasteiger partial charge in [0.2, 0.25) is 5.91 Å². The maximum atomic E-state index is 11.8. The van der Waals surface area contributed by atoms with Gasteiger partial charge in [-0.2, -0.15) is 0 Å². The van der Waals surface area contributed by atoms with Crippen molar-refractivity contribution in [2.45, 2.75) is 32.6 Å². The maximum Gasteiger partial charge on any atom is 0.336 e. The number of nitrogens with one attached hydrogen (secondary N) is 2. The molecule has 4 aromatic rings. The predicted molar refractivity (Wildman–Crippen MR) is 120 cm³/mol. The Balaban J connectivity index is 1.74. The fourth-order valence-corrected chi connectivity index (χ4v) is 3.56. The van der Waals surface area contributed by atoms with Crippen LogP contribution in [-0.2, 0) is 4.79 Å². The highest BCUT2D eigenvalue weighted by molar-refractivity contribution is 7.13. The monoisotopic (exact) mass is 467 g/mol. The molecule has 0 bridgehead atoms. The number of hydrogen-bond acceptors (Lipinski definition) is 9. The van der Waals surface area contributed by atoms with Crippen LogP contribution in [0.25, 0.3) is 16.9 Å². The van der Waals surface area contributed by atoms with E-state index in [4.69, 9.17) is 0 Å². The molecule has 3 aromatic heterocycles. The first-order chi connectivity index (χ1) is 16.0. The van der Waals surface area contributed by atoms with Gasteiger partial charge in [-0.05, 0) is 12.5 Å². The quantitative estimate of drug-likeness (QED) is 0.316. The van der Waals surface area contributed by atoms with Crippen molar-refractivity contribution in [2.24, 2.45) is 10.2 Å². The second kappa shape index (κ2) is 9.65. The van der Waals surface area contributed by atoms with Crippen molar-refractivity contribution in [2.75, 3.05) is 6.54 Å². The summed E-state index contributed by atoms with van der Waals surface area (Å²) in [5, 5.41) is 37.8. The second-order valence-electron chi connectivity index (χ2n) is 7.27. The number of nitrogens with zero attached hydrogens (tertiary/aromatic N) is 7. The van der Waals surface area contributed by atoms with Gasteiger partial charge in [0.05, 0.1) is 5.56 Å². The van der Waals surface area contributed by atoms with E-state index in [1.165, 1.54) is 27.5 Å². The summed E-state index contributed by atoms with van der Waals surface area (Å²) in [5.41, 5.74) is 3.08. The van der Waals surface area contributed by atoms with Crippen LogP contribution in [0.3, 0.4) is 0 Å². The van der Waals surface area contributed by atoms with Crippen LogP contribution < -0.4 is 5.32 Å². The van der Waals surface area contributed by atoms with E-state index in [1.807, 2.05) is 13.8 Å². The van der Waals surface area contributed by atoms with Crippen LogP contribution in [0, 0.1) is 0 Å². The van der Waals surface area contributed by atoms with Crippen molar-refractivity contribution in [3.8, 4) is 11.3 Å². The first-order valence-electron chi connectivity index (χ1n) is 10.2. The number of hydrogen-bond donors (Lipinski definition) is 3. The molecule has 0 saturated heterocycles. The maximum absolute atomic E-state index is 11.8. The van der Waals surface area contributed by atoms with Gasteiger partial charge in [-0.3, -0.25) is 4.79 Å². The number of azo groups is 1. The minimum absolute atomic E-state index is 0.0141. The van der Waals surface area contributed by atoms with Crippen LogP contribution in [0.2, 0.25) is 0 Å². The molecule has 12 nitrogen and oxygen atoms in total. The molecule has 3 heterocycles. The van der Waals surface area contributed by atoms with Gasteiger partial charge in [0.25, 0.3) is 5.13 Å². The zero-order chi connectivity index (χ0) is 23.4. The highest BCUT2D eigenvalue weighted by atomic mass is 32.1. The Labute approximate surface area is 191 Å². The minimum Gasteiger partial charge on any atom is -0.478 e. The number of carbonyl (C=O) groups excluding carboxylic acids is 1. The van der Waals surface area contributed by atoms with E-state index in [0.29, 0.717) is 46.5 Å². The van der Waals surface area contributed by atoms with E-state index in [-0.39, 0.29) is 17.4 Å². The Hall–Kier alpha value is -4.00. The molecule has 170 valence electrons. The number of rotatable bonds is 9. The molecular weight excluding hydrogens is 446 g/mol. The molecule has 4 rings (SSSR count). The van der Waals surface area contributed by atoms with Gasteiger partial charge in [0.15, 0.2) is 11.3 Å². The number of fused-ring (bicyclic) bond motifs is 1. The second-order valence-corrected chi connectivity index (χ2v) is 8.08. The SMILES string of the molecule is CCCC(=O)NCC(C)c1nn2nc(-c3ccccc3C(=O)O)c(N=Nc3nncs3)c2[nH]1. The first-order valence-corrected chi connectivity index (χ1v) is 11.1. The van der Waals surface area contributed by atoms with Crippen LogP contribution in [0.15, 0.2) is 40.0 Å². The molecule has 1 unspecified atom stereocenters. The topological polar surface area (TPSA) is 163 Å². The molecular formula is C20H21N9O3S. The van der Waals surface area contributed by atoms with E-state index >= 15 is 0 Å². The average Bonchev–Trinajstić information content (AvgIpc) is 3.53. The zero-order valence-electron chi connectivity index (χ0n) is 17.9. The third-order valence-electron chi connectivity index (χ3n) is 4.84. The normalized spacial score (nSPS) is 12.4. The Morgan fingerprint density at radius 2 is 2.09 bits per heavy atom. The average molecular weight is 468 g/mol. The molecule has 0 aliphatic heterocycles. The highest BCUT2D eigenvalue weighted by Crippen LogP contribution is 2.36. The summed E-state index contributed by atoms with van der Waals surface area (Å²) in [6, 6.07) is 6.52. The van der Waals surface area contributed by atoms with Gasteiger partial charge >= 0.3 is 5.97 Å². The Kier molecular flexibility index (Phi) is 6.49. The zero-order valence-corrected chi connectivity index (χ0v) is 18.7. The van der Waals surface area contributed by atoms with Crippen LogP contribution in [0.4, 0.5) is 10.8 Å². The molecule has 13 heteroatoms. The molecule has 0 aliphatic carbocycles. The molecule has 0 saturated carbocycles. The predicted octanol–water partition coefficient (Wildman–Crippen LogP) is 3.71. The van der Waals surface area contributed by atoms with Crippen molar-refractivity contribution in [1.29, 1.82) is 0 Å². The summed E-state index contributed by atoms with van der Waals surface area (Å²) in [4.78, 5) is 26.7. The smallest absolute Gasteiger partial charge is 0.336 e. The van der Waals surface area contributed by atoms with Gasteiger partial charge in [0.1, 0.15) is 17.0 Å². The lowest BCUT2D eigenvalue weighted by Crippen LogP contribution is -2.27. The largest absolute Gasteiger partial charge is 0.478 e. The van der Waals surface area contributed by atoms with Crippen molar-refractivity contribution >= 4 is 39.7 Å². The number of carboxylic acid groups (broad SMARTS) is 1. The van der Waals surface area contributed by atoms with E-state index in [0.717, 1.165) is 6.42 Å². The van der Waals surface area contributed by atoms with E-state index in [9.17, 15) is 14.7 Å². The molecule has 0 fully saturated rings. The molecule has 1 atom stereocenters. The summed E-state index contributed by atoms with van der Waals surface area (Å²) < 4.78 is 1.36. The summed E-state index contributed by atoms with van der Waals surface area (Å²) in [7, 11) is 0. The highest BCUT2D eigenvalue weighted by Gasteiger charge is 2.23. The lowest BCUT2D eigenvalue weighted by Gasteiger charge is -2.09. The van der Waals surface area contributed by atoms with Crippen LogP contribution in [-0.4, -0.2) is 53.5 Å². The summed E-state index contributed by atoms with van der Waals surface area (Å²) >= 11 is 1.21. The Morgan fingerprint density at radius 3 is 2.82 bits per heavy atom. The van der Waals surface area contributed by atoms with Crippen LogP contribution in [0.5, 0.6) is 0 Å². The lowest BCUT2D eigenvalue weighted by atomic mass is 10.0. The van der Waals surface area contributed by atoms with Crippen LogP contribution >= 0.6 is 11.3 Å². The van der Waals surface area contributed by atoms with Crippen LogP contribution in [0.1, 0.15) is 48.8 Å². The molecule has 0 aliphatic rings. The van der Waals surface area contributed by atoms with Gasteiger partial charge < -0.3 is 15.4 Å². The number of carbonyl (C=O) groups is 2. The van der Waals surface area contributed by atoms with Gasteiger partial charge in [-0.15, -0.1) is 35.3 Å². The fourth-order valence-electron chi connectivity index (χ4n) is 3.19. The first kappa shape index (κ1) is 22.2. The molecule has 1 aromatic carbocycles. The summed E-state index contributed by atoms with van der Waals surface area (Å²) in [5.74, 6) is -0.617. The fraction of sp³-hybridized carbons (Fsp3) is 0.300. The number of aromatic carboxylic acids is 1. The van der Waals surface area contributed by atoms with Crippen molar-refractivity contribution in [3.63, 3.8) is 0 Å².